The maximum Gasteiger partial charge on any atom is 0.375 e. The second kappa shape index (κ2) is 14.3. The standard InChI is InChI=1S/C23H36O21/c24-1-4-8(27)16(14(33)22(39-4)41-6-3-38-20(37)12(31)7(6)26)43-23-15(34)17(9(28)5(2-25)40-23)42-21-13(32)10(29)11(30)18(44-21)19(35)36/h4-10,12-17,20-34,37H,1-3H2,(H,35,36)/t4-,5-,6-,7+,8+,9+,10+,12-,13-,14-,15-,16+,17+,20-,21-,22+,23+/m1/s1. The molecule has 254 valence electrons. The summed E-state index contributed by atoms with van der Waals surface area (Å²) in [5.74, 6) is -4.30. The van der Waals surface area contributed by atoms with Crippen molar-refractivity contribution in [2.75, 3.05) is 19.8 Å². The first-order valence-corrected chi connectivity index (χ1v) is 13.3. The molecule has 0 saturated carbocycles. The second-order valence-electron chi connectivity index (χ2n) is 10.4. The molecule has 3 fully saturated rings. The first-order valence-electron chi connectivity index (χ1n) is 13.3. The zero-order valence-electron chi connectivity index (χ0n) is 22.5. The van der Waals surface area contributed by atoms with Gasteiger partial charge in [0.25, 0.3) is 0 Å². The van der Waals surface area contributed by atoms with Crippen LogP contribution >= 0.6 is 0 Å². The van der Waals surface area contributed by atoms with Crippen LogP contribution in [-0.2, 0) is 38.0 Å². The van der Waals surface area contributed by atoms with Crippen molar-refractivity contribution < 1.29 is 104 Å². The van der Waals surface area contributed by atoms with Crippen LogP contribution in [0.3, 0.4) is 0 Å². The van der Waals surface area contributed by atoms with E-state index in [0.717, 1.165) is 0 Å². The summed E-state index contributed by atoms with van der Waals surface area (Å²) in [6.45, 7) is -2.30. The van der Waals surface area contributed by atoms with Crippen LogP contribution < -0.4 is 0 Å². The minimum Gasteiger partial charge on any atom is -0.506 e. The minimum atomic E-state index is -2.22. The van der Waals surface area contributed by atoms with Crippen LogP contribution in [0.25, 0.3) is 0 Å². The first-order chi connectivity index (χ1) is 20.7. The lowest BCUT2D eigenvalue weighted by Gasteiger charge is -2.48. The average Bonchev–Trinajstić information content (AvgIpc) is 2.99. The van der Waals surface area contributed by atoms with Gasteiger partial charge >= 0.3 is 5.97 Å². The van der Waals surface area contributed by atoms with Gasteiger partial charge in [0.05, 0.1) is 19.8 Å². The van der Waals surface area contributed by atoms with Crippen molar-refractivity contribution in [1.29, 1.82) is 0 Å². The third-order valence-electron chi connectivity index (χ3n) is 7.53. The van der Waals surface area contributed by atoms with Crippen molar-refractivity contribution in [3.8, 4) is 0 Å². The molecule has 4 aliphatic heterocycles. The largest absolute Gasteiger partial charge is 0.506 e. The Hall–Kier alpha value is -1.87. The van der Waals surface area contributed by atoms with E-state index in [0.29, 0.717) is 0 Å². The van der Waals surface area contributed by atoms with Crippen molar-refractivity contribution in [3.05, 3.63) is 11.5 Å². The Morgan fingerprint density at radius 3 is 1.68 bits per heavy atom. The third-order valence-corrected chi connectivity index (χ3v) is 7.53. The zero-order chi connectivity index (χ0) is 32.6. The average molecular weight is 649 g/mol. The molecule has 0 aliphatic carbocycles. The predicted molar refractivity (Wildman–Crippen MR) is 128 cm³/mol. The number of carboxylic acid groups (broad SMARTS) is 1. The number of aliphatic carboxylic acids is 1. The van der Waals surface area contributed by atoms with Crippen LogP contribution in [0.1, 0.15) is 0 Å². The summed E-state index contributed by atoms with van der Waals surface area (Å²) in [7, 11) is 0. The molecule has 21 heteroatoms. The molecule has 13 N–H and O–H groups in total. The summed E-state index contributed by atoms with van der Waals surface area (Å²) in [4.78, 5) is 11.4. The smallest absolute Gasteiger partial charge is 0.375 e. The van der Waals surface area contributed by atoms with Crippen LogP contribution in [0.4, 0.5) is 0 Å². The van der Waals surface area contributed by atoms with Gasteiger partial charge in [-0.1, -0.05) is 0 Å². The fourth-order valence-corrected chi connectivity index (χ4v) is 4.99. The van der Waals surface area contributed by atoms with Crippen molar-refractivity contribution in [1.82, 2.24) is 0 Å². The van der Waals surface area contributed by atoms with Gasteiger partial charge in [-0.2, -0.15) is 0 Å². The quantitative estimate of drug-likeness (QED) is 0.110. The van der Waals surface area contributed by atoms with Gasteiger partial charge in [0, 0.05) is 0 Å². The molecule has 0 spiro atoms. The Balaban J connectivity index is 1.52. The topological polar surface area (TPSA) is 345 Å². The van der Waals surface area contributed by atoms with Crippen molar-refractivity contribution >= 4 is 5.97 Å². The van der Waals surface area contributed by atoms with Crippen LogP contribution in [0.2, 0.25) is 0 Å². The van der Waals surface area contributed by atoms with Gasteiger partial charge in [0.2, 0.25) is 12.0 Å². The van der Waals surface area contributed by atoms with Gasteiger partial charge in [0.1, 0.15) is 79.4 Å². The van der Waals surface area contributed by atoms with Gasteiger partial charge in [-0.15, -0.1) is 0 Å². The molecule has 4 rings (SSSR count). The predicted octanol–water partition coefficient (Wildman–Crippen LogP) is -7.98. The number of carbonyl (C=O) groups is 1. The highest BCUT2D eigenvalue weighted by Crippen LogP contribution is 2.34. The lowest BCUT2D eigenvalue weighted by Crippen LogP contribution is -2.66. The molecule has 21 nitrogen and oxygen atoms in total. The van der Waals surface area contributed by atoms with Gasteiger partial charge in [-0.25, -0.2) is 4.79 Å². The summed E-state index contributed by atoms with van der Waals surface area (Å²) in [6.07, 6.45) is -31.7. The molecule has 0 unspecified atom stereocenters. The fraction of sp³-hybridized carbons (Fsp3) is 0.870. The van der Waals surface area contributed by atoms with E-state index < -0.39 is 142 Å². The molecule has 17 atom stereocenters. The highest BCUT2D eigenvalue weighted by atomic mass is 16.8. The van der Waals surface area contributed by atoms with E-state index in [9.17, 15) is 71.2 Å². The molecule has 0 amide bonds. The van der Waals surface area contributed by atoms with E-state index in [1.54, 1.807) is 0 Å². The lowest BCUT2D eigenvalue weighted by atomic mass is 9.96. The molecular weight excluding hydrogens is 612 g/mol. The van der Waals surface area contributed by atoms with Gasteiger partial charge in [-0.05, 0) is 0 Å². The fourth-order valence-electron chi connectivity index (χ4n) is 4.99. The summed E-state index contributed by atoms with van der Waals surface area (Å²) in [5, 5.41) is 132. The van der Waals surface area contributed by atoms with E-state index in [-0.39, 0.29) is 0 Å². The Bertz CT molecular complexity index is 1010. The summed E-state index contributed by atoms with van der Waals surface area (Å²) in [6, 6.07) is 0. The number of carboxylic acids is 1. The number of aliphatic hydroxyl groups is 12. The second-order valence-corrected chi connectivity index (χ2v) is 10.4. The molecule has 0 aromatic carbocycles. The number of aliphatic hydroxyl groups excluding tert-OH is 12. The molecule has 44 heavy (non-hydrogen) atoms. The van der Waals surface area contributed by atoms with Gasteiger partial charge < -0.3 is 99.5 Å². The summed E-state index contributed by atoms with van der Waals surface area (Å²) < 4.78 is 36.9. The first kappa shape index (κ1) is 35.0. The molecule has 4 aliphatic rings. The maximum atomic E-state index is 11.4. The molecule has 4 heterocycles. The summed E-state index contributed by atoms with van der Waals surface area (Å²) in [5.41, 5.74) is 0. The molecule has 3 saturated heterocycles. The van der Waals surface area contributed by atoms with Crippen LogP contribution in [0.5, 0.6) is 0 Å². The number of hydrogen-bond donors (Lipinski definition) is 13. The third kappa shape index (κ3) is 6.79. The Labute approximate surface area is 246 Å². The van der Waals surface area contributed by atoms with Crippen molar-refractivity contribution in [2.24, 2.45) is 0 Å². The minimum absolute atomic E-state index is 0.482. The van der Waals surface area contributed by atoms with Crippen LogP contribution in [-0.4, -0.2) is 197 Å². The maximum absolute atomic E-state index is 11.4. The molecule has 0 bridgehead atoms. The van der Waals surface area contributed by atoms with Gasteiger partial charge in [0.15, 0.2) is 24.6 Å². The molecular formula is C23H36O21. The lowest BCUT2D eigenvalue weighted by molar-refractivity contribution is -0.380. The SMILES string of the molecule is O=C(O)C1=C(O)[C@H](O)[C@@H](O)[C@H](O[C@H]2[C@@H](O)[C@@H](CO)O[C@@H](O[C@H]3[C@@H](O)[C@@H](CO)O[C@@H](O[C@@H]4CO[C@@H](O)[C@H](O)[C@H]4O)[C@@H]3O)[C@@H]2O)O1. The van der Waals surface area contributed by atoms with Crippen LogP contribution in [0.15, 0.2) is 11.5 Å². The van der Waals surface area contributed by atoms with E-state index in [4.69, 9.17) is 33.2 Å². The number of rotatable bonds is 9. The molecule has 0 radical (unpaired) electrons. The van der Waals surface area contributed by atoms with Gasteiger partial charge in [-0.3, -0.25) is 0 Å². The summed E-state index contributed by atoms with van der Waals surface area (Å²) >= 11 is 0. The Morgan fingerprint density at radius 2 is 1.18 bits per heavy atom. The van der Waals surface area contributed by atoms with Crippen molar-refractivity contribution in [2.45, 2.75) is 105 Å². The highest BCUT2D eigenvalue weighted by Gasteiger charge is 2.54. The van der Waals surface area contributed by atoms with E-state index >= 15 is 0 Å². The number of hydrogen-bond acceptors (Lipinski definition) is 20. The van der Waals surface area contributed by atoms with Crippen LogP contribution in [0, 0.1) is 0 Å². The van der Waals surface area contributed by atoms with E-state index in [1.165, 1.54) is 0 Å². The number of ether oxygens (including phenoxy) is 7. The van der Waals surface area contributed by atoms with E-state index in [2.05, 4.69) is 0 Å². The van der Waals surface area contributed by atoms with E-state index in [1.807, 2.05) is 0 Å². The molecule has 0 aromatic rings. The normalized spacial score (nSPS) is 48.6. The monoisotopic (exact) mass is 648 g/mol. The Morgan fingerprint density at radius 1 is 0.682 bits per heavy atom. The van der Waals surface area contributed by atoms with Crippen molar-refractivity contribution in [3.63, 3.8) is 0 Å². The Kier molecular flexibility index (Phi) is 11.3. The highest BCUT2D eigenvalue weighted by molar-refractivity contribution is 5.85. The molecule has 0 aromatic heterocycles. The zero-order valence-corrected chi connectivity index (χ0v) is 22.5.